The molecule has 2 aromatic carbocycles. The fourth-order valence-corrected chi connectivity index (χ4v) is 2.41. The van der Waals surface area contributed by atoms with Gasteiger partial charge in [-0.25, -0.2) is 4.39 Å². The Bertz CT molecular complexity index is 648. The minimum absolute atomic E-state index is 0.287. The lowest BCUT2D eigenvalue weighted by molar-refractivity contribution is 0.0971. The molecule has 1 heterocycles. The molecular weight excluding hydrogens is 281 g/mol. The summed E-state index contributed by atoms with van der Waals surface area (Å²) in [6, 6.07) is 9.95. The van der Waals surface area contributed by atoms with Gasteiger partial charge in [0.2, 0.25) is 0 Å². The molecule has 0 saturated heterocycles. The highest BCUT2D eigenvalue weighted by molar-refractivity contribution is 6.33. The molecule has 2 aromatic rings. The third-order valence-corrected chi connectivity index (χ3v) is 3.52. The quantitative estimate of drug-likeness (QED) is 0.924. The molecule has 1 aliphatic heterocycles. The van der Waals surface area contributed by atoms with Crippen LogP contribution in [0.5, 0.6) is 11.5 Å². The van der Waals surface area contributed by atoms with Gasteiger partial charge in [-0.3, -0.25) is 0 Å². The second-order valence-corrected chi connectivity index (χ2v) is 4.92. The van der Waals surface area contributed by atoms with Crippen molar-refractivity contribution < 1.29 is 13.9 Å². The third-order valence-electron chi connectivity index (χ3n) is 3.19. The second kappa shape index (κ2) is 5.31. The van der Waals surface area contributed by atoms with E-state index in [0.717, 1.165) is 0 Å². The summed E-state index contributed by atoms with van der Waals surface area (Å²) in [6.07, 6.45) is -0.287. The average molecular weight is 294 g/mol. The minimum atomic E-state index is -0.405. The molecule has 0 bridgehead atoms. The average Bonchev–Trinajstić information content (AvgIpc) is 2.48. The predicted molar refractivity (Wildman–Crippen MR) is 75.8 cm³/mol. The molecule has 20 heavy (non-hydrogen) atoms. The summed E-state index contributed by atoms with van der Waals surface area (Å²) < 4.78 is 25.6. The van der Waals surface area contributed by atoms with Crippen LogP contribution in [0.4, 0.5) is 4.39 Å². The lowest BCUT2D eigenvalue weighted by Gasteiger charge is -2.27. The number of nitrogens with two attached hydrogens (primary N) is 1. The second-order valence-electron chi connectivity index (χ2n) is 4.52. The fraction of sp³-hybridized carbons (Fsp3) is 0.200. The van der Waals surface area contributed by atoms with Crippen molar-refractivity contribution in [2.75, 3.05) is 13.2 Å². The zero-order valence-electron chi connectivity index (χ0n) is 10.6. The normalized spacial score (nSPS) is 17.1. The molecule has 1 aliphatic rings. The molecule has 0 amide bonds. The van der Waals surface area contributed by atoms with Gasteiger partial charge < -0.3 is 15.2 Å². The Morgan fingerprint density at radius 3 is 2.80 bits per heavy atom. The Labute approximate surface area is 121 Å². The number of rotatable bonds is 2. The number of hydrogen-bond donors (Lipinski definition) is 1. The van der Waals surface area contributed by atoms with E-state index in [1.807, 2.05) is 0 Å². The van der Waals surface area contributed by atoms with Crippen molar-refractivity contribution in [1.29, 1.82) is 0 Å². The molecule has 0 radical (unpaired) electrons. The van der Waals surface area contributed by atoms with E-state index < -0.39 is 5.82 Å². The van der Waals surface area contributed by atoms with E-state index in [2.05, 4.69) is 0 Å². The van der Waals surface area contributed by atoms with Crippen molar-refractivity contribution >= 4 is 11.6 Å². The molecule has 0 aromatic heterocycles. The van der Waals surface area contributed by atoms with Crippen molar-refractivity contribution in [3.05, 3.63) is 47.2 Å². The van der Waals surface area contributed by atoms with Gasteiger partial charge in [-0.05, 0) is 18.2 Å². The van der Waals surface area contributed by atoms with Crippen LogP contribution in [0.15, 0.2) is 36.4 Å². The molecule has 3 nitrogen and oxygen atoms in total. The smallest absolute Gasteiger partial charge is 0.172 e. The monoisotopic (exact) mass is 293 g/mol. The van der Waals surface area contributed by atoms with E-state index in [9.17, 15) is 4.39 Å². The maximum atomic E-state index is 14.2. The van der Waals surface area contributed by atoms with Gasteiger partial charge in [0.1, 0.15) is 18.5 Å². The SMILES string of the molecule is NC[C@H]1COc2ccc(F)c(-c3ccccc3Cl)c2O1. The third kappa shape index (κ3) is 2.21. The first-order chi connectivity index (χ1) is 9.70. The van der Waals surface area contributed by atoms with E-state index in [1.54, 1.807) is 30.3 Å². The maximum absolute atomic E-state index is 14.2. The Kier molecular flexibility index (Phi) is 3.51. The van der Waals surface area contributed by atoms with Gasteiger partial charge >= 0.3 is 0 Å². The van der Waals surface area contributed by atoms with E-state index in [0.29, 0.717) is 40.8 Å². The van der Waals surface area contributed by atoms with Crippen LogP contribution in [-0.4, -0.2) is 19.3 Å². The molecular formula is C15H13ClFNO2. The van der Waals surface area contributed by atoms with Gasteiger partial charge in [0.05, 0.1) is 5.56 Å². The Morgan fingerprint density at radius 2 is 2.05 bits per heavy atom. The summed E-state index contributed by atoms with van der Waals surface area (Å²) >= 11 is 6.16. The van der Waals surface area contributed by atoms with E-state index >= 15 is 0 Å². The summed E-state index contributed by atoms with van der Waals surface area (Å²) in [5, 5.41) is 0.457. The van der Waals surface area contributed by atoms with Crippen LogP contribution in [0, 0.1) is 5.82 Å². The van der Waals surface area contributed by atoms with Crippen molar-refractivity contribution in [3.63, 3.8) is 0 Å². The molecule has 104 valence electrons. The summed E-state index contributed by atoms with van der Waals surface area (Å²) in [4.78, 5) is 0. The van der Waals surface area contributed by atoms with Crippen LogP contribution in [-0.2, 0) is 0 Å². The van der Waals surface area contributed by atoms with Crippen molar-refractivity contribution in [2.45, 2.75) is 6.10 Å². The van der Waals surface area contributed by atoms with Gasteiger partial charge in [0.25, 0.3) is 0 Å². The van der Waals surface area contributed by atoms with Crippen molar-refractivity contribution in [3.8, 4) is 22.6 Å². The topological polar surface area (TPSA) is 44.5 Å². The zero-order chi connectivity index (χ0) is 14.1. The molecule has 0 aliphatic carbocycles. The fourth-order valence-electron chi connectivity index (χ4n) is 2.18. The summed E-state index contributed by atoms with van der Waals surface area (Å²) in [7, 11) is 0. The summed E-state index contributed by atoms with van der Waals surface area (Å²) in [6.45, 7) is 0.662. The number of hydrogen-bond acceptors (Lipinski definition) is 3. The lowest BCUT2D eigenvalue weighted by atomic mass is 10.0. The van der Waals surface area contributed by atoms with Gasteiger partial charge in [0, 0.05) is 17.1 Å². The van der Waals surface area contributed by atoms with Gasteiger partial charge in [0.15, 0.2) is 11.5 Å². The highest BCUT2D eigenvalue weighted by Crippen LogP contribution is 2.44. The number of ether oxygens (including phenoxy) is 2. The molecule has 1 atom stereocenters. The van der Waals surface area contributed by atoms with Crippen LogP contribution < -0.4 is 15.2 Å². The molecule has 3 rings (SSSR count). The van der Waals surface area contributed by atoms with Crippen LogP contribution in [0.2, 0.25) is 5.02 Å². The van der Waals surface area contributed by atoms with Crippen LogP contribution in [0.25, 0.3) is 11.1 Å². The molecule has 5 heteroatoms. The highest BCUT2D eigenvalue weighted by atomic mass is 35.5. The molecule has 0 fully saturated rings. The highest BCUT2D eigenvalue weighted by Gasteiger charge is 2.26. The largest absolute Gasteiger partial charge is 0.486 e. The first-order valence-corrected chi connectivity index (χ1v) is 6.65. The molecule has 0 spiro atoms. The summed E-state index contributed by atoms with van der Waals surface area (Å²) in [5.41, 5.74) is 6.48. The first-order valence-electron chi connectivity index (χ1n) is 6.27. The van der Waals surface area contributed by atoms with E-state index in [4.69, 9.17) is 26.8 Å². The predicted octanol–water partition coefficient (Wildman–Crippen LogP) is 3.24. The van der Waals surface area contributed by atoms with E-state index in [-0.39, 0.29) is 6.10 Å². The van der Waals surface area contributed by atoms with Crippen LogP contribution in [0.1, 0.15) is 0 Å². The maximum Gasteiger partial charge on any atom is 0.172 e. The number of halogens is 2. The van der Waals surface area contributed by atoms with E-state index in [1.165, 1.54) is 6.07 Å². The Hall–Kier alpha value is -1.78. The van der Waals surface area contributed by atoms with Gasteiger partial charge in [-0.1, -0.05) is 29.8 Å². The van der Waals surface area contributed by atoms with Crippen LogP contribution in [0.3, 0.4) is 0 Å². The molecule has 0 unspecified atom stereocenters. The Balaban J connectivity index is 2.18. The standard InChI is InChI=1S/C15H13ClFNO2/c16-11-4-2-1-3-10(11)14-12(17)5-6-13-15(14)20-9(7-18)8-19-13/h1-6,9H,7-8,18H2/t9-/m0/s1. The zero-order valence-corrected chi connectivity index (χ0v) is 11.4. The number of benzene rings is 2. The number of fused-ring (bicyclic) bond motifs is 1. The minimum Gasteiger partial charge on any atom is -0.486 e. The van der Waals surface area contributed by atoms with Gasteiger partial charge in [-0.15, -0.1) is 0 Å². The molecule has 2 N–H and O–H groups in total. The first kappa shape index (κ1) is 13.2. The molecule has 0 saturated carbocycles. The van der Waals surface area contributed by atoms with Crippen molar-refractivity contribution in [1.82, 2.24) is 0 Å². The Morgan fingerprint density at radius 1 is 1.25 bits per heavy atom. The van der Waals surface area contributed by atoms with Gasteiger partial charge in [-0.2, -0.15) is 0 Å². The lowest BCUT2D eigenvalue weighted by Crippen LogP contribution is -2.36. The van der Waals surface area contributed by atoms with Crippen LogP contribution >= 0.6 is 11.6 Å². The van der Waals surface area contributed by atoms with Crippen molar-refractivity contribution in [2.24, 2.45) is 5.73 Å². The summed E-state index contributed by atoms with van der Waals surface area (Å²) in [5.74, 6) is 0.462.